The molecule has 2 aromatic heterocycles. The van der Waals surface area contributed by atoms with E-state index in [-0.39, 0.29) is 34.5 Å². The Bertz CT molecular complexity index is 1520. The molecule has 15 nitrogen and oxygen atoms in total. The summed E-state index contributed by atoms with van der Waals surface area (Å²) in [5.41, 5.74) is 1.72. The van der Waals surface area contributed by atoms with Crippen molar-refractivity contribution in [2.45, 2.75) is 57.5 Å². The first-order valence-corrected chi connectivity index (χ1v) is 15.3. The van der Waals surface area contributed by atoms with E-state index in [9.17, 15) is 13.2 Å². The standard InChI is InChI=1S/C23H32N6O4S.H3N.H3O4P/c1-6-8-18-20-21(28(5)27-18)23(30)26-22(25-20)17-11-16(9-10-19(17)33-7-2)34(31,32)29-12-14(3)24-15(4)13-29;;1-5(2,3)4/h9-11,14-15,24H,6-8,12-13H2,1-5H3,(H,25,26,30);1H3;(H3,1,2,3,4)/p-2/t14-,15+;;. The Hall–Kier alpha value is -2.69. The summed E-state index contributed by atoms with van der Waals surface area (Å²) < 4.78 is 44.5. The van der Waals surface area contributed by atoms with Gasteiger partial charge in [-0.2, -0.15) is 9.40 Å². The zero-order chi connectivity index (χ0) is 29.1. The molecule has 0 bridgehead atoms. The molecule has 17 heteroatoms. The number of fused-ring (bicyclic) bond motifs is 1. The van der Waals surface area contributed by atoms with Gasteiger partial charge in [-0.05, 0) is 45.4 Å². The largest absolute Gasteiger partial charge is 0.790 e. The molecule has 224 valence electrons. The molecule has 3 aromatic rings. The molecule has 0 radical (unpaired) electrons. The third-order valence-corrected chi connectivity index (χ3v) is 7.74. The Morgan fingerprint density at radius 1 is 1.20 bits per heavy atom. The number of nitrogens with one attached hydrogen (secondary N) is 2. The number of H-pyrrole nitrogens is 1. The Balaban J connectivity index is 0.000000858. The molecule has 4 rings (SSSR count). The van der Waals surface area contributed by atoms with Crippen LogP contribution in [0.1, 0.15) is 39.8 Å². The van der Waals surface area contributed by atoms with E-state index in [4.69, 9.17) is 29.0 Å². The van der Waals surface area contributed by atoms with Crippen LogP contribution in [0.2, 0.25) is 0 Å². The number of ether oxygens (including phenoxy) is 1. The number of nitrogens with zero attached hydrogens (tertiary/aromatic N) is 4. The van der Waals surface area contributed by atoms with Gasteiger partial charge in [0.25, 0.3) is 5.56 Å². The predicted molar refractivity (Wildman–Crippen MR) is 145 cm³/mol. The lowest BCUT2D eigenvalue weighted by Gasteiger charge is -2.35. The van der Waals surface area contributed by atoms with Gasteiger partial charge in [-0.25, -0.2) is 13.4 Å². The highest BCUT2D eigenvalue weighted by atomic mass is 32.2. The summed E-state index contributed by atoms with van der Waals surface area (Å²) in [4.78, 5) is 44.9. The number of hydrogen-bond acceptors (Lipinski definition) is 11. The molecule has 1 aliphatic heterocycles. The van der Waals surface area contributed by atoms with Gasteiger partial charge in [0.2, 0.25) is 10.0 Å². The van der Waals surface area contributed by atoms with Crippen molar-refractivity contribution in [3.63, 3.8) is 0 Å². The number of piperazine rings is 1. The SMILES string of the molecule is CCCc1nn(C)c2c(=O)[nH]c(-c3cc(S(=O)(=O)N4C[C@@H](C)N[C@@H](C)C4)ccc3OCC)nc12.N.O=P([O-])([O-])O. The molecule has 1 aromatic carbocycles. The lowest BCUT2D eigenvalue weighted by molar-refractivity contribution is -0.337. The van der Waals surface area contributed by atoms with Crippen molar-refractivity contribution in [3.8, 4) is 17.1 Å². The first-order chi connectivity index (χ1) is 18.1. The first-order valence-electron chi connectivity index (χ1n) is 12.4. The van der Waals surface area contributed by atoms with Crippen LogP contribution in [-0.4, -0.2) is 69.1 Å². The minimum atomic E-state index is -5.14. The Labute approximate surface area is 232 Å². The number of rotatable bonds is 7. The van der Waals surface area contributed by atoms with E-state index in [1.54, 1.807) is 19.2 Å². The fourth-order valence-electron chi connectivity index (χ4n) is 4.54. The molecule has 0 aliphatic carbocycles. The van der Waals surface area contributed by atoms with Gasteiger partial charge in [-0.3, -0.25) is 9.48 Å². The average molecular weight is 602 g/mol. The maximum Gasteiger partial charge on any atom is 0.277 e. The molecular weight excluding hydrogens is 565 g/mol. The third-order valence-electron chi connectivity index (χ3n) is 5.92. The number of aryl methyl sites for hydroxylation is 2. The molecule has 1 aliphatic rings. The van der Waals surface area contributed by atoms with Crippen molar-refractivity contribution >= 4 is 28.9 Å². The first kappa shape index (κ1) is 33.5. The maximum atomic E-state index is 13.5. The molecule has 0 spiro atoms. The smallest absolute Gasteiger partial charge is 0.277 e. The summed E-state index contributed by atoms with van der Waals surface area (Å²) >= 11 is 0. The molecule has 40 heavy (non-hydrogen) atoms. The monoisotopic (exact) mass is 601 g/mol. The fraction of sp³-hybridized carbons (Fsp3) is 0.522. The van der Waals surface area contributed by atoms with E-state index in [1.165, 1.54) is 15.1 Å². The highest BCUT2D eigenvalue weighted by Crippen LogP contribution is 2.32. The van der Waals surface area contributed by atoms with Crippen LogP contribution in [0.25, 0.3) is 22.4 Å². The maximum absolute atomic E-state index is 13.5. The molecule has 0 amide bonds. The van der Waals surface area contributed by atoms with E-state index >= 15 is 0 Å². The van der Waals surface area contributed by atoms with Crippen LogP contribution in [0.3, 0.4) is 0 Å². The zero-order valence-electron chi connectivity index (χ0n) is 23.1. The van der Waals surface area contributed by atoms with Gasteiger partial charge in [0.05, 0.1) is 30.6 Å². The minimum Gasteiger partial charge on any atom is -0.790 e. The normalized spacial score (nSPS) is 18.1. The second-order valence-electron chi connectivity index (χ2n) is 9.28. The van der Waals surface area contributed by atoms with E-state index in [1.807, 2.05) is 27.7 Å². The van der Waals surface area contributed by atoms with Gasteiger partial charge in [0, 0.05) is 32.2 Å². The topological polar surface area (TPSA) is 241 Å². The van der Waals surface area contributed by atoms with E-state index in [2.05, 4.69) is 15.4 Å². The third kappa shape index (κ3) is 7.95. The van der Waals surface area contributed by atoms with Crippen molar-refractivity contribution < 1.29 is 32.4 Å². The zero-order valence-corrected chi connectivity index (χ0v) is 24.8. The Morgan fingerprint density at radius 2 is 1.80 bits per heavy atom. The summed E-state index contributed by atoms with van der Waals surface area (Å²) in [7, 11) is -7.18. The highest BCUT2D eigenvalue weighted by molar-refractivity contribution is 7.89. The summed E-state index contributed by atoms with van der Waals surface area (Å²) in [6.45, 7) is 8.96. The van der Waals surface area contributed by atoms with Crippen LogP contribution >= 0.6 is 7.82 Å². The van der Waals surface area contributed by atoms with Gasteiger partial charge in [-0.1, -0.05) is 13.3 Å². The van der Waals surface area contributed by atoms with Crippen LogP contribution in [0.5, 0.6) is 5.75 Å². The van der Waals surface area contributed by atoms with Crippen molar-refractivity contribution in [3.05, 3.63) is 34.2 Å². The number of aromatic nitrogens is 4. The van der Waals surface area contributed by atoms with Crippen molar-refractivity contribution in [2.75, 3.05) is 19.7 Å². The molecule has 6 N–H and O–H groups in total. The van der Waals surface area contributed by atoms with Crippen LogP contribution in [0.4, 0.5) is 0 Å². The number of sulfonamides is 1. The van der Waals surface area contributed by atoms with Gasteiger partial charge in [0.15, 0.2) is 5.52 Å². The number of phosphoric acid groups is 1. The lowest BCUT2D eigenvalue weighted by atomic mass is 10.1. The summed E-state index contributed by atoms with van der Waals surface area (Å²) in [6.07, 6.45) is 1.54. The van der Waals surface area contributed by atoms with Crippen molar-refractivity contribution in [1.29, 1.82) is 0 Å². The van der Waals surface area contributed by atoms with Crippen LogP contribution in [0.15, 0.2) is 27.9 Å². The Morgan fingerprint density at radius 3 is 2.35 bits per heavy atom. The van der Waals surface area contributed by atoms with E-state index < -0.39 is 17.8 Å². The molecule has 3 heterocycles. The van der Waals surface area contributed by atoms with Gasteiger partial charge < -0.3 is 40.4 Å². The van der Waals surface area contributed by atoms with Crippen LogP contribution < -0.4 is 31.6 Å². The van der Waals surface area contributed by atoms with Crippen LogP contribution in [0, 0.1) is 0 Å². The molecule has 2 atom stereocenters. The minimum absolute atomic E-state index is 0. The van der Waals surface area contributed by atoms with Crippen molar-refractivity contribution in [1.82, 2.24) is 35.5 Å². The molecular formula is C23H36N7O8PS-2. The highest BCUT2D eigenvalue weighted by Gasteiger charge is 2.32. The molecule has 0 unspecified atom stereocenters. The lowest BCUT2D eigenvalue weighted by Crippen LogP contribution is -2.55. The van der Waals surface area contributed by atoms with Crippen molar-refractivity contribution in [2.24, 2.45) is 7.05 Å². The predicted octanol–water partition coefficient (Wildman–Crippen LogP) is 0.0151. The fourth-order valence-corrected chi connectivity index (χ4v) is 6.18. The number of aromatic amines is 1. The average Bonchev–Trinajstić information content (AvgIpc) is 3.13. The van der Waals surface area contributed by atoms with E-state index in [0.29, 0.717) is 48.5 Å². The second-order valence-corrected chi connectivity index (χ2v) is 12.2. The van der Waals surface area contributed by atoms with Gasteiger partial charge >= 0.3 is 0 Å². The number of hydrogen-bond donors (Lipinski definition) is 4. The van der Waals surface area contributed by atoms with Gasteiger partial charge in [-0.15, -0.1) is 0 Å². The summed E-state index contributed by atoms with van der Waals surface area (Å²) in [5, 5.41) is 7.81. The molecule has 1 saturated heterocycles. The number of benzene rings is 1. The van der Waals surface area contributed by atoms with Gasteiger partial charge in [0.1, 0.15) is 17.1 Å². The quantitative estimate of drug-likeness (QED) is 0.262. The Kier molecular flexibility index (Phi) is 11.2. The van der Waals surface area contributed by atoms with Crippen LogP contribution in [-0.2, 0) is 28.1 Å². The molecule has 0 saturated carbocycles. The summed E-state index contributed by atoms with van der Waals surface area (Å²) in [5.74, 6) is 0.706. The summed E-state index contributed by atoms with van der Waals surface area (Å²) in [6, 6.07) is 4.80. The van der Waals surface area contributed by atoms with E-state index in [0.717, 1.165) is 12.1 Å². The second kappa shape index (κ2) is 13.3. The molecule has 1 fully saturated rings.